The predicted molar refractivity (Wildman–Crippen MR) is 171 cm³/mol. The SMILES string of the molecule is COc1cc(N2CCC(N3CCN(C)CC3)CC2)c(N)cc1Nc1ncc(C)c(Nc2ccccc2P(C)(C)=O)n1. The van der Waals surface area contributed by atoms with Crippen molar-refractivity contribution in [3.8, 4) is 5.75 Å². The highest BCUT2D eigenvalue weighted by atomic mass is 31.2. The first kappa shape index (κ1) is 29.2. The number of hydrogen-bond donors (Lipinski definition) is 3. The summed E-state index contributed by atoms with van der Waals surface area (Å²) in [4.78, 5) is 16.6. The van der Waals surface area contributed by atoms with Crippen LogP contribution in [-0.2, 0) is 4.57 Å². The lowest BCUT2D eigenvalue weighted by atomic mass is 10.0. The third-order valence-corrected chi connectivity index (χ3v) is 9.71. The molecular weight excluding hydrogens is 535 g/mol. The largest absolute Gasteiger partial charge is 0.494 e. The van der Waals surface area contributed by atoms with Crippen LogP contribution in [0.3, 0.4) is 0 Å². The van der Waals surface area contributed by atoms with Crippen molar-refractivity contribution in [2.24, 2.45) is 0 Å². The van der Waals surface area contributed by atoms with Gasteiger partial charge in [0.1, 0.15) is 18.7 Å². The van der Waals surface area contributed by atoms with E-state index >= 15 is 0 Å². The van der Waals surface area contributed by atoms with E-state index in [4.69, 9.17) is 15.5 Å². The zero-order chi connectivity index (χ0) is 29.1. The average molecular weight is 579 g/mol. The lowest BCUT2D eigenvalue weighted by Crippen LogP contribution is -2.52. The summed E-state index contributed by atoms with van der Waals surface area (Å²) >= 11 is 0. The van der Waals surface area contributed by atoms with Crippen molar-refractivity contribution in [2.75, 3.05) is 88.0 Å². The molecule has 0 amide bonds. The molecule has 2 saturated heterocycles. The Balaban J connectivity index is 1.31. The normalized spacial score (nSPS) is 17.4. The molecule has 2 aromatic carbocycles. The Bertz CT molecular complexity index is 1410. The fourth-order valence-corrected chi connectivity index (χ4v) is 6.87. The molecule has 0 aliphatic carbocycles. The van der Waals surface area contributed by atoms with Gasteiger partial charge in [0.2, 0.25) is 5.95 Å². The smallest absolute Gasteiger partial charge is 0.229 e. The molecule has 11 heteroatoms. The van der Waals surface area contributed by atoms with E-state index in [0.29, 0.717) is 34.9 Å². The summed E-state index contributed by atoms with van der Waals surface area (Å²) in [6.45, 7) is 12.0. The summed E-state index contributed by atoms with van der Waals surface area (Å²) in [6, 6.07) is 12.2. The van der Waals surface area contributed by atoms with E-state index in [9.17, 15) is 4.57 Å². The standard InChI is InChI=1S/C30H43N8O2P/c1-21-20-32-30(35-29(21)33-24-8-6-7-9-28(24)41(4,5)39)34-25-18-23(31)26(19-27(25)40-3)38-12-10-22(11-13-38)37-16-14-36(2)15-17-37/h6-9,18-20,22H,10-17,31H2,1-5H3,(H2,32,33,34,35). The highest BCUT2D eigenvalue weighted by Crippen LogP contribution is 2.39. The molecule has 3 aromatic rings. The predicted octanol–water partition coefficient (Wildman–Crippen LogP) is 4.33. The fourth-order valence-electron chi connectivity index (χ4n) is 5.71. The van der Waals surface area contributed by atoms with Gasteiger partial charge < -0.3 is 35.5 Å². The molecule has 10 nitrogen and oxygen atoms in total. The van der Waals surface area contributed by atoms with E-state index in [1.165, 1.54) is 0 Å². The summed E-state index contributed by atoms with van der Waals surface area (Å²) in [6.07, 6.45) is 4.02. The minimum Gasteiger partial charge on any atom is -0.494 e. The molecule has 2 aliphatic rings. The molecule has 0 bridgehead atoms. The van der Waals surface area contributed by atoms with Crippen LogP contribution in [0.1, 0.15) is 18.4 Å². The summed E-state index contributed by atoms with van der Waals surface area (Å²) in [5.74, 6) is 1.72. The van der Waals surface area contributed by atoms with Gasteiger partial charge in [-0.2, -0.15) is 4.98 Å². The molecule has 5 rings (SSSR count). The van der Waals surface area contributed by atoms with Gasteiger partial charge in [0.25, 0.3) is 0 Å². The fraction of sp³-hybridized carbons (Fsp3) is 0.467. The first-order chi connectivity index (χ1) is 19.6. The number of rotatable bonds is 8. The van der Waals surface area contributed by atoms with Gasteiger partial charge in [0.15, 0.2) is 0 Å². The summed E-state index contributed by atoms with van der Waals surface area (Å²) in [5.41, 5.74) is 10.6. The number of piperidine rings is 1. The number of para-hydroxylation sites is 1. The number of ether oxygens (including phenoxy) is 1. The van der Waals surface area contributed by atoms with Gasteiger partial charge >= 0.3 is 0 Å². The Morgan fingerprint density at radius 3 is 2.39 bits per heavy atom. The van der Waals surface area contributed by atoms with Crippen LogP contribution in [0.5, 0.6) is 5.75 Å². The lowest BCUT2D eigenvalue weighted by Gasteiger charge is -2.42. The molecule has 4 N–H and O–H groups in total. The number of piperazine rings is 1. The third-order valence-electron chi connectivity index (χ3n) is 8.16. The van der Waals surface area contributed by atoms with Crippen LogP contribution < -0.4 is 31.3 Å². The zero-order valence-electron chi connectivity index (χ0n) is 24.9. The second-order valence-corrected chi connectivity index (χ2v) is 14.7. The highest BCUT2D eigenvalue weighted by molar-refractivity contribution is 7.70. The van der Waals surface area contributed by atoms with Crippen LogP contribution in [0, 0.1) is 6.92 Å². The Morgan fingerprint density at radius 2 is 1.71 bits per heavy atom. The van der Waals surface area contributed by atoms with Crippen LogP contribution >= 0.6 is 7.14 Å². The van der Waals surface area contributed by atoms with Crippen LogP contribution in [0.4, 0.5) is 34.5 Å². The molecule has 2 fully saturated rings. The zero-order valence-corrected chi connectivity index (χ0v) is 25.7. The molecule has 0 spiro atoms. The number of anilines is 6. The van der Waals surface area contributed by atoms with Crippen molar-refractivity contribution in [3.05, 3.63) is 48.2 Å². The number of methoxy groups -OCH3 is 1. The van der Waals surface area contributed by atoms with Crippen molar-refractivity contribution in [1.29, 1.82) is 0 Å². The second kappa shape index (κ2) is 12.3. The number of nitrogen functional groups attached to an aromatic ring is 1. The number of aryl methyl sites for hydroxylation is 1. The molecule has 220 valence electrons. The quantitative estimate of drug-likeness (QED) is 0.264. The molecular formula is C30H43N8O2P. The Labute approximate surface area is 243 Å². The molecule has 41 heavy (non-hydrogen) atoms. The van der Waals surface area contributed by atoms with Crippen molar-refractivity contribution >= 4 is 47.0 Å². The molecule has 0 unspecified atom stereocenters. The van der Waals surface area contributed by atoms with Crippen LogP contribution in [0.25, 0.3) is 0 Å². The highest BCUT2D eigenvalue weighted by Gasteiger charge is 2.28. The van der Waals surface area contributed by atoms with E-state index in [1.54, 1.807) is 26.6 Å². The van der Waals surface area contributed by atoms with E-state index in [1.807, 2.05) is 43.3 Å². The second-order valence-electron chi connectivity index (χ2n) is 11.5. The number of benzene rings is 2. The van der Waals surface area contributed by atoms with Crippen LogP contribution in [-0.4, -0.2) is 92.6 Å². The summed E-state index contributed by atoms with van der Waals surface area (Å²) in [7, 11) is 1.38. The van der Waals surface area contributed by atoms with Gasteiger partial charge in [0.05, 0.1) is 29.9 Å². The number of hydrogen-bond acceptors (Lipinski definition) is 10. The number of aromatic nitrogens is 2. The van der Waals surface area contributed by atoms with Crippen molar-refractivity contribution < 1.29 is 9.30 Å². The number of nitrogens with two attached hydrogens (primary N) is 1. The Kier molecular flexibility index (Phi) is 8.73. The van der Waals surface area contributed by atoms with Gasteiger partial charge in [0, 0.05) is 68.4 Å². The maximum atomic E-state index is 12.8. The van der Waals surface area contributed by atoms with Gasteiger partial charge in [-0.15, -0.1) is 0 Å². The third kappa shape index (κ3) is 6.77. The van der Waals surface area contributed by atoms with E-state index < -0.39 is 7.14 Å². The minimum absolute atomic E-state index is 0.408. The van der Waals surface area contributed by atoms with Crippen molar-refractivity contribution in [3.63, 3.8) is 0 Å². The molecule has 0 radical (unpaired) electrons. The number of nitrogens with zero attached hydrogens (tertiary/aromatic N) is 5. The topological polar surface area (TPSA) is 112 Å². The lowest BCUT2D eigenvalue weighted by molar-refractivity contribution is 0.0982. The average Bonchev–Trinajstić information content (AvgIpc) is 2.95. The summed E-state index contributed by atoms with van der Waals surface area (Å²) in [5, 5.41) is 7.44. The van der Waals surface area contributed by atoms with Crippen molar-refractivity contribution in [1.82, 2.24) is 19.8 Å². The van der Waals surface area contributed by atoms with Gasteiger partial charge in [-0.3, -0.25) is 4.90 Å². The van der Waals surface area contributed by atoms with E-state index in [-0.39, 0.29) is 0 Å². The van der Waals surface area contributed by atoms with E-state index in [2.05, 4.69) is 37.4 Å². The molecule has 0 atom stereocenters. The Hall–Kier alpha value is -3.33. The van der Waals surface area contributed by atoms with Gasteiger partial charge in [-0.05, 0) is 58.3 Å². The van der Waals surface area contributed by atoms with Gasteiger partial charge in [-0.25, -0.2) is 4.98 Å². The number of nitrogens with one attached hydrogen (secondary N) is 2. The molecule has 3 heterocycles. The van der Waals surface area contributed by atoms with Crippen LogP contribution in [0.15, 0.2) is 42.6 Å². The van der Waals surface area contributed by atoms with Crippen molar-refractivity contribution in [2.45, 2.75) is 25.8 Å². The van der Waals surface area contributed by atoms with E-state index in [0.717, 1.165) is 74.4 Å². The molecule has 2 aliphatic heterocycles. The Morgan fingerprint density at radius 1 is 1.00 bits per heavy atom. The first-order valence-electron chi connectivity index (χ1n) is 14.3. The van der Waals surface area contributed by atoms with Crippen LogP contribution in [0.2, 0.25) is 0 Å². The van der Waals surface area contributed by atoms with Gasteiger partial charge in [-0.1, -0.05) is 12.1 Å². The summed E-state index contributed by atoms with van der Waals surface area (Å²) < 4.78 is 18.6. The molecule has 0 saturated carbocycles. The molecule has 1 aromatic heterocycles. The number of likely N-dealkylation sites (N-methyl/N-ethyl adjacent to an activating group) is 1. The monoisotopic (exact) mass is 578 g/mol. The minimum atomic E-state index is -2.48. The maximum absolute atomic E-state index is 12.8. The maximum Gasteiger partial charge on any atom is 0.229 e. The first-order valence-corrected chi connectivity index (χ1v) is 16.9.